The van der Waals surface area contributed by atoms with Crippen LogP contribution in [0, 0.1) is 5.41 Å². The summed E-state index contributed by atoms with van der Waals surface area (Å²) in [5.41, 5.74) is -0.358. The zero-order chi connectivity index (χ0) is 29.6. The van der Waals surface area contributed by atoms with Gasteiger partial charge in [0.2, 0.25) is 0 Å². The van der Waals surface area contributed by atoms with Crippen molar-refractivity contribution < 1.29 is 40.8 Å². The quantitative estimate of drug-likeness (QED) is 0.0645. The van der Waals surface area contributed by atoms with Crippen molar-refractivity contribution >= 4 is 10.4 Å². The second-order valence-electron chi connectivity index (χ2n) is 10.9. The first-order chi connectivity index (χ1) is 19.4. The number of unbranched alkanes of at least 4 members (excludes halogenated alkanes) is 12. The molecular formula is C30H62O9S. The fraction of sp³-hybridized carbons (Fsp3) is 1.00. The van der Waals surface area contributed by atoms with Crippen molar-refractivity contribution in [2.75, 3.05) is 73.2 Å². The molecule has 0 radical (unpaired) electrons. The van der Waals surface area contributed by atoms with E-state index in [-0.39, 0.29) is 18.6 Å². The Labute approximate surface area is 246 Å². The van der Waals surface area contributed by atoms with Gasteiger partial charge in [0.1, 0.15) is 0 Å². The van der Waals surface area contributed by atoms with Gasteiger partial charge in [0.05, 0.1) is 46.2 Å². The van der Waals surface area contributed by atoms with E-state index in [1.165, 1.54) is 57.8 Å². The van der Waals surface area contributed by atoms with Gasteiger partial charge in [-0.05, 0) is 25.7 Å². The van der Waals surface area contributed by atoms with Crippen LogP contribution < -0.4 is 0 Å². The van der Waals surface area contributed by atoms with Gasteiger partial charge in [0.15, 0.2) is 0 Å². The molecule has 0 bridgehead atoms. The largest absolute Gasteiger partial charge is 0.397 e. The third kappa shape index (κ3) is 27.8. The van der Waals surface area contributed by atoms with Gasteiger partial charge in [-0.1, -0.05) is 90.9 Å². The molecule has 0 saturated heterocycles. The molecule has 1 N–H and O–H groups in total. The molecule has 0 heterocycles. The highest BCUT2D eigenvalue weighted by molar-refractivity contribution is 7.80. The van der Waals surface area contributed by atoms with Crippen LogP contribution in [0.3, 0.4) is 0 Å². The van der Waals surface area contributed by atoms with Crippen LogP contribution in [0.25, 0.3) is 0 Å². The van der Waals surface area contributed by atoms with E-state index in [0.29, 0.717) is 39.6 Å². The van der Waals surface area contributed by atoms with Crippen LogP contribution in [0.5, 0.6) is 0 Å². The van der Waals surface area contributed by atoms with Crippen molar-refractivity contribution in [3.63, 3.8) is 0 Å². The van der Waals surface area contributed by atoms with Crippen LogP contribution in [-0.2, 0) is 38.3 Å². The van der Waals surface area contributed by atoms with Crippen molar-refractivity contribution in [1.82, 2.24) is 0 Å². The molecule has 0 saturated carbocycles. The summed E-state index contributed by atoms with van der Waals surface area (Å²) in [6.07, 6.45) is 18.7. The average Bonchev–Trinajstić information content (AvgIpc) is 2.92. The molecule has 1 atom stereocenters. The summed E-state index contributed by atoms with van der Waals surface area (Å²) in [6, 6.07) is 0. The minimum absolute atomic E-state index is 0.0486. The normalized spacial score (nSPS) is 13.6. The second-order valence-corrected chi connectivity index (χ2v) is 11.9. The first kappa shape index (κ1) is 39.7. The highest BCUT2D eigenvalue weighted by Crippen LogP contribution is 2.28. The van der Waals surface area contributed by atoms with Crippen LogP contribution in [0.15, 0.2) is 0 Å². The molecule has 0 amide bonds. The second kappa shape index (κ2) is 28.8. The van der Waals surface area contributed by atoms with Gasteiger partial charge in [0.25, 0.3) is 0 Å². The maximum atomic E-state index is 10.8. The lowest BCUT2D eigenvalue weighted by Crippen LogP contribution is -2.38. The Morgan fingerprint density at radius 3 is 1.50 bits per heavy atom. The summed E-state index contributed by atoms with van der Waals surface area (Å²) in [7, 11) is -2.83. The molecule has 0 aromatic heterocycles. The average molecular weight is 599 g/mol. The van der Waals surface area contributed by atoms with E-state index < -0.39 is 10.4 Å². The number of hydrogen-bond acceptors (Lipinski definition) is 8. The zero-order valence-electron chi connectivity index (χ0n) is 26.0. The first-order valence-corrected chi connectivity index (χ1v) is 17.2. The predicted octanol–water partition coefficient (Wildman–Crippen LogP) is 6.79. The SMILES string of the molecule is CCCCCCCCCCOC[C@](CCCCCCOCCCCC)(COCCOC)COCCOS(=O)(=O)O. The lowest BCUT2D eigenvalue weighted by molar-refractivity contribution is -0.0825. The van der Waals surface area contributed by atoms with E-state index in [1.807, 2.05) is 0 Å². The van der Waals surface area contributed by atoms with Crippen LogP contribution in [0.2, 0.25) is 0 Å². The van der Waals surface area contributed by atoms with Crippen molar-refractivity contribution in [3.05, 3.63) is 0 Å². The number of rotatable bonds is 33. The molecular weight excluding hydrogens is 536 g/mol. The topological polar surface area (TPSA) is 110 Å². The van der Waals surface area contributed by atoms with E-state index >= 15 is 0 Å². The van der Waals surface area contributed by atoms with Gasteiger partial charge in [-0.3, -0.25) is 4.55 Å². The first-order valence-electron chi connectivity index (χ1n) is 15.8. The van der Waals surface area contributed by atoms with Crippen LogP contribution >= 0.6 is 0 Å². The molecule has 0 fully saturated rings. The molecule has 0 aliphatic carbocycles. The molecule has 0 unspecified atom stereocenters. The Bertz CT molecular complexity index is 592. The third-order valence-corrected chi connectivity index (χ3v) is 7.36. The molecule has 10 heteroatoms. The Morgan fingerprint density at radius 1 is 0.525 bits per heavy atom. The highest BCUT2D eigenvalue weighted by atomic mass is 32.3. The summed E-state index contributed by atoms with van der Waals surface area (Å²) in [4.78, 5) is 0. The fourth-order valence-electron chi connectivity index (χ4n) is 4.50. The maximum absolute atomic E-state index is 10.8. The smallest absolute Gasteiger partial charge is 0.382 e. The van der Waals surface area contributed by atoms with E-state index in [9.17, 15) is 8.42 Å². The van der Waals surface area contributed by atoms with Gasteiger partial charge in [-0.2, -0.15) is 8.42 Å². The van der Waals surface area contributed by atoms with Crippen molar-refractivity contribution in [1.29, 1.82) is 0 Å². The third-order valence-electron chi connectivity index (χ3n) is 6.90. The van der Waals surface area contributed by atoms with Gasteiger partial charge in [-0.15, -0.1) is 0 Å². The van der Waals surface area contributed by atoms with E-state index in [1.54, 1.807) is 7.11 Å². The van der Waals surface area contributed by atoms with Gasteiger partial charge < -0.3 is 23.7 Å². The minimum Gasteiger partial charge on any atom is -0.382 e. The summed E-state index contributed by atoms with van der Waals surface area (Å²) >= 11 is 0. The molecule has 242 valence electrons. The minimum atomic E-state index is -4.48. The Morgan fingerprint density at radius 2 is 0.950 bits per heavy atom. The van der Waals surface area contributed by atoms with E-state index in [0.717, 1.165) is 58.2 Å². The summed E-state index contributed by atoms with van der Waals surface area (Å²) in [6.45, 7) is 8.94. The van der Waals surface area contributed by atoms with E-state index in [4.69, 9.17) is 28.2 Å². The Balaban J connectivity index is 4.72. The standard InChI is InChI=1S/C30H62O9S/c1-4-6-8-9-10-11-13-18-22-36-27-30(28-37-24-23-34-3,29-38-25-26-39-40(31,32)33)19-15-12-14-17-21-35-20-16-7-5-2/h4-29H2,1-3H3,(H,31,32,33)/t30-/m1/s1. The summed E-state index contributed by atoms with van der Waals surface area (Å²) in [5.74, 6) is 0. The molecule has 0 rings (SSSR count). The fourth-order valence-corrected chi connectivity index (χ4v) is 4.78. The van der Waals surface area contributed by atoms with Gasteiger partial charge >= 0.3 is 10.4 Å². The molecule has 0 aliphatic heterocycles. The Hall–Kier alpha value is -0.330. The van der Waals surface area contributed by atoms with Gasteiger partial charge in [-0.25, -0.2) is 4.18 Å². The monoisotopic (exact) mass is 598 g/mol. The molecule has 9 nitrogen and oxygen atoms in total. The Kier molecular flexibility index (Phi) is 28.5. The number of hydrogen-bond donors (Lipinski definition) is 1. The molecule has 40 heavy (non-hydrogen) atoms. The molecule has 0 aromatic carbocycles. The van der Waals surface area contributed by atoms with Gasteiger partial charge in [0, 0.05) is 32.3 Å². The van der Waals surface area contributed by atoms with Crippen LogP contribution in [0.4, 0.5) is 0 Å². The summed E-state index contributed by atoms with van der Waals surface area (Å²) in [5, 5.41) is 0. The van der Waals surface area contributed by atoms with E-state index in [2.05, 4.69) is 18.0 Å². The molecule has 0 aromatic rings. The van der Waals surface area contributed by atoms with Crippen molar-refractivity contribution in [2.45, 2.75) is 117 Å². The van der Waals surface area contributed by atoms with Crippen molar-refractivity contribution in [3.8, 4) is 0 Å². The predicted molar refractivity (Wildman–Crippen MR) is 160 cm³/mol. The lowest BCUT2D eigenvalue weighted by Gasteiger charge is -2.33. The maximum Gasteiger partial charge on any atom is 0.397 e. The zero-order valence-corrected chi connectivity index (χ0v) is 26.8. The molecule has 0 aliphatic rings. The molecule has 0 spiro atoms. The number of methoxy groups -OCH3 is 1. The lowest BCUT2D eigenvalue weighted by atomic mass is 9.84. The highest BCUT2D eigenvalue weighted by Gasteiger charge is 2.31. The number of ether oxygens (including phenoxy) is 5. The van der Waals surface area contributed by atoms with Crippen LogP contribution in [-0.4, -0.2) is 86.1 Å². The summed E-state index contributed by atoms with van der Waals surface area (Å²) < 4.78 is 63.7. The van der Waals surface area contributed by atoms with Crippen molar-refractivity contribution in [2.24, 2.45) is 5.41 Å². The van der Waals surface area contributed by atoms with Crippen LogP contribution in [0.1, 0.15) is 117 Å².